The SMILES string of the molecule is C=CCCOc1nc(OCC=C)nc(OCCC=C)n1. The Morgan fingerprint density at radius 2 is 1.15 bits per heavy atom. The Balaban J connectivity index is 2.73. The molecule has 0 aliphatic rings. The third kappa shape index (κ3) is 5.99. The van der Waals surface area contributed by atoms with Crippen molar-refractivity contribution in [2.75, 3.05) is 19.8 Å². The molecule has 0 aromatic carbocycles. The smallest absolute Gasteiger partial charge is 0.326 e. The maximum absolute atomic E-state index is 5.37. The van der Waals surface area contributed by atoms with E-state index in [1.165, 1.54) is 0 Å². The van der Waals surface area contributed by atoms with Crippen molar-refractivity contribution in [1.82, 2.24) is 15.0 Å². The number of hydrogen-bond acceptors (Lipinski definition) is 6. The number of hydrogen-bond donors (Lipinski definition) is 0. The quantitative estimate of drug-likeness (QED) is 0.457. The molecule has 108 valence electrons. The average molecular weight is 277 g/mol. The largest absolute Gasteiger partial charge is 0.463 e. The highest BCUT2D eigenvalue weighted by Gasteiger charge is 2.09. The zero-order chi connectivity index (χ0) is 14.6. The second kappa shape index (κ2) is 9.55. The van der Waals surface area contributed by atoms with Gasteiger partial charge in [0.05, 0.1) is 13.2 Å². The Kier molecular flexibility index (Phi) is 7.49. The molecule has 0 aliphatic carbocycles. The van der Waals surface area contributed by atoms with Crippen molar-refractivity contribution < 1.29 is 14.2 Å². The predicted molar refractivity (Wildman–Crippen MR) is 76.1 cm³/mol. The van der Waals surface area contributed by atoms with Crippen molar-refractivity contribution in [1.29, 1.82) is 0 Å². The van der Waals surface area contributed by atoms with E-state index in [0.29, 0.717) is 32.7 Å². The molecule has 1 aromatic heterocycles. The van der Waals surface area contributed by atoms with Gasteiger partial charge in [0.25, 0.3) is 0 Å². The highest BCUT2D eigenvalue weighted by Crippen LogP contribution is 2.15. The second-order valence-corrected chi connectivity index (χ2v) is 3.63. The van der Waals surface area contributed by atoms with Gasteiger partial charge in [0.1, 0.15) is 6.61 Å². The molecule has 0 saturated heterocycles. The summed E-state index contributed by atoms with van der Waals surface area (Å²) in [6.07, 6.45) is 6.48. The van der Waals surface area contributed by atoms with Crippen LogP contribution >= 0.6 is 0 Å². The third-order valence-corrected chi connectivity index (χ3v) is 2.01. The van der Waals surface area contributed by atoms with Gasteiger partial charge in [-0.15, -0.1) is 28.1 Å². The zero-order valence-corrected chi connectivity index (χ0v) is 11.5. The van der Waals surface area contributed by atoms with Crippen LogP contribution in [0.1, 0.15) is 12.8 Å². The molecule has 0 saturated carbocycles. The van der Waals surface area contributed by atoms with Gasteiger partial charge in [-0.2, -0.15) is 0 Å². The predicted octanol–water partition coefficient (Wildman–Crippen LogP) is 2.35. The zero-order valence-electron chi connectivity index (χ0n) is 11.5. The van der Waals surface area contributed by atoms with Crippen LogP contribution in [0.4, 0.5) is 0 Å². The van der Waals surface area contributed by atoms with Crippen LogP contribution in [0.3, 0.4) is 0 Å². The summed E-state index contributed by atoms with van der Waals surface area (Å²) in [6.45, 7) is 11.9. The Labute approximate surface area is 118 Å². The molecule has 0 aliphatic heterocycles. The Bertz CT molecular complexity index is 417. The lowest BCUT2D eigenvalue weighted by Crippen LogP contribution is -2.08. The van der Waals surface area contributed by atoms with Crippen molar-refractivity contribution >= 4 is 0 Å². The summed E-state index contributed by atoms with van der Waals surface area (Å²) >= 11 is 0. The lowest BCUT2D eigenvalue weighted by Gasteiger charge is -2.08. The molecule has 20 heavy (non-hydrogen) atoms. The van der Waals surface area contributed by atoms with Gasteiger partial charge in [-0.1, -0.05) is 24.8 Å². The minimum atomic E-state index is 0.141. The maximum Gasteiger partial charge on any atom is 0.326 e. The first kappa shape index (κ1) is 15.7. The standard InChI is InChI=1S/C14H19N3O3/c1-4-7-10-19-13-15-12(18-9-6-3)16-14(17-13)20-11-8-5-2/h4-6H,1-3,7-11H2. The molecular formula is C14H19N3O3. The molecule has 0 amide bonds. The fraction of sp³-hybridized carbons (Fsp3) is 0.357. The van der Waals surface area contributed by atoms with Crippen LogP contribution in [0.25, 0.3) is 0 Å². The van der Waals surface area contributed by atoms with E-state index >= 15 is 0 Å². The summed E-state index contributed by atoms with van der Waals surface area (Å²) in [5.74, 6) is 0. The van der Waals surface area contributed by atoms with Crippen molar-refractivity contribution in [3.05, 3.63) is 38.0 Å². The monoisotopic (exact) mass is 277 g/mol. The van der Waals surface area contributed by atoms with Gasteiger partial charge in [-0.3, -0.25) is 0 Å². The molecule has 0 spiro atoms. The van der Waals surface area contributed by atoms with E-state index in [2.05, 4.69) is 34.7 Å². The fourth-order valence-electron chi connectivity index (χ4n) is 1.11. The average Bonchev–Trinajstić information content (AvgIpc) is 2.46. The maximum atomic E-state index is 5.37. The highest BCUT2D eigenvalue weighted by atomic mass is 16.5. The van der Waals surface area contributed by atoms with Gasteiger partial charge in [-0.05, 0) is 12.8 Å². The van der Waals surface area contributed by atoms with E-state index in [9.17, 15) is 0 Å². The topological polar surface area (TPSA) is 66.4 Å². The Morgan fingerprint density at radius 1 is 0.700 bits per heavy atom. The second-order valence-electron chi connectivity index (χ2n) is 3.63. The van der Waals surface area contributed by atoms with Crippen LogP contribution in [-0.2, 0) is 0 Å². The van der Waals surface area contributed by atoms with Crippen LogP contribution in [0.2, 0.25) is 0 Å². The highest BCUT2D eigenvalue weighted by molar-refractivity contribution is 5.09. The summed E-state index contributed by atoms with van der Waals surface area (Å²) in [6, 6.07) is 0.464. The molecular weight excluding hydrogens is 258 g/mol. The van der Waals surface area contributed by atoms with Crippen molar-refractivity contribution in [3.63, 3.8) is 0 Å². The first-order valence-electron chi connectivity index (χ1n) is 6.27. The van der Waals surface area contributed by atoms with Crippen LogP contribution in [0.15, 0.2) is 38.0 Å². The molecule has 1 heterocycles. The van der Waals surface area contributed by atoms with E-state index in [-0.39, 0.29) is 18.0 Å². The summed E-state index contributed by atoms with van der Waals surface area (Å²) in [7, 11) is 0. The third-order valence-electron chi connectivity index (χ3n) is 2.01. The summed E-state index contributed by atoms with van der Waals surface area (Å²) in [4.78, 5) is 12.1. The van der Waals surface area contributed by atoms with Gasteiger partial charge in [0.2, 0.25) is 0 Å². The van der Waals surface area contributed by atoms with E-state index in [0.717, 1.165) is 0 Å². The summed E-state index contributed by atoms with van der Waals surface area (Å²) in [5, 5.41) is 0. The summed E-state index contributed by atoms with van der Waals surface area (Å²) < 4.78 is 16.0. The first-order valence-corrected chi connectivity index (χ1v) is 6.27. The van der Waals surface area contributed by atoms with Gasteiger partial charge >= 0.3 is 18.0 Å². The van der Waals surface area contributed by atoms with Crippen molar-refractivity contribution in [2.24, 2.45) is 0 Å². The minimum absolute atomic E-state index is 0.141. The molecule has 1 rings (SSSR count). The van der Waals surface area contributed by atoms with E-state index in [1.54, 1.807) is 18.2 Å². The molecule has 0 bridgehead atoms. The Hall–Kier alpha value is -2.37. The van der Waals surface area contributed by atoms with Gasteiger partial charge < -0.3 is 14.2 Å². The number of aromatic nitrogens is 3. The number of ether oxygens (including phenoxy) is 3. The number of rotatable bonds is 11. The van der Waals surface area contributed by atoms with Gasteiger partial charge in [0, 0.05) is 0 Å². The molecule has 0 fully saturated rings. The molecule has 6 nitrogen and oxygen atoms in total. The van der Waals surface area contributed by atoms with Crippen LogP contribution in [0.5, 0.6) is 18.0 Å². The lowest BCUT2D eigenvalue weighted by atomic mass is 10.5. The van der Waals surface area contributed by atoms with Crippen LogP contribution < -0.4 is 14.2 Å². The number of nitrogens with zero attached hydrogens (tertiary/aromatic N) is 3. The molecule has 0 unspecified atom stereocenters. The van der Waals surface area contributed by atoms with Crippen LogP contribution in [-0.4, -0.2) is 34.8 Å². The fourth-order valence-corrected chi connectivity index (χ4v) is 1.11. The molecule has 1 aromatic rings. The van der Waals surface area contributed by atoms with E-state index < -0.39 is 0 Å². The molecule has 0 N–H and O–H groups in total. The summed E-state index contributed by atoms with van der Waals surface area (Å²) in [5.41, 5.74) is 0. The van der Waals surface area contributed by atoms with Crippen LogP contribution in [0, 0.1) is 0 Å². The molecule has 6 heteroatoms. The van der Waals surface area contributed by atoms with Crippen molar-refractivity contribution in [2.45, 2.75) is 12.8 Å². The van der Waals surface area contributed by atoms with E-state index in [1.807, 2.05) is 0 Å². The van der Waals surface area contributed by atoms with Gasteiger partial charge in [-0.25, -0.2) is 0 Å². The van der Waals surface area contributed by atoms with E-state index in [4.69, 9.17) is 14.2 Å². The van der Waals surface area contributed by atoms with Crippen molar-refractivity contribution in [3.8, 4) is 18.0 Å². The minimum Gasteiger partial charge on any atom is -0.463 e. The first-order chi connectivity index (χ1) is 9.80. The van der Waals surface area contributed by atoms with Gasteiger partial charge in [0.15, 0.2) is 0 Å². The molecule has 0 radical (unpaired) electrons. The molecule has 0 atom stereocenters. The normalized spacial score (nSPS) is 9.60. The Morgan fingerprint density at radius 3 is 1.55 bits per heavy atom. The lowest BCUT2D eigenvalue weighted by molar-refractivity contribution is 0.247.